The lowest BCUT2D eigenvalue weighted by Crippen LogP contribution is -2.62. The van der Waals surface area contributed by atoms with E-state index in [1.54, 1.807) is 13.8 Å². The number of benzene rings is 4. The Balaban J connectivity index is 1.93. The molecule has 2 heterocycles. The highest BCUT2D eigenvalue weighted by molar-refractivity contribution is 9.10. The van der Waals surface area contributed by atoms with Gasteiger partial charge in [-0.15, -0.1) is 0 Å². The second kappa shape index (κ2) is 8.15. The van der Waals surface area contributed by atoms with Gasteiger partial charge in [-0.05, 0) is 41.5 Å². The molecule has 2 aliphatic rings. The largest absolute Gasteiger partial charge is 0.295 e. The zero-order chi connectivity index (χ0) is 25.2. The Labute approximate surface area is 226 Å². The number of rotatable bonds is 2. The lowest BCUT2D eigenvalue weighted by Gasteiger charge is -2.49. The van der Waals surface area contributed by atoms with Crippen LogP contribution in [0.1, 0.15) is 36.1 Å². The fraction of sp³-hybridized carbons (Fsp3) is 0.133. The average Bonchev–Trinajstić information content (AvgIpc) is 3.28. The first-order chi connectivity index (χ1) is 17.3. The van der Waals surface area contributed by atoms with Crippen LogP contribution in [0.3, 0.4) is 0 Å². The van der Waals surface area contributed by atoms with E-state index in [0.717, 1.165) is 42.6 Å². The van der Waals surface area contributed by atoms with E-state index >= 15 is 0 Å². The van der Waals surface area contributed by atoms with Gasteiger partial charge in [0.05, 0.1) is 11.4 Å². The second-order valence-corrected chi connectivity index (χ2v) is 11.0. The highest BCUT2D eigenvalue weighted by Gasteiger charge is 2.73. The molecule has 4 aromatic carbocycles. The fourth-order valence-corrected chi connectivity index (χ4v) is 7.17. The van der Waals surface area contributed by atoms with Crippen molar-refractivity contribution < 1.29 is 9.59 Å². The van der Waals surface area contributed by atoms with Gasteiger partial charge >= 0.3 is 0 Å². The number of halogens is 2. The first-order valence-electron chi connectivity index (χ1n) is 11.7. The highest BCUT2D eigenvalue weighted by atomic mass is 79.9. The Kier molecular flexibility index (Phi) is 5.25. The Bertz CT molecular complexity index is 1540. The van der Waals surface area contributed by atoms with Crippen LogP contribution in [-0.4, -0.2) is 11.8 Å². The van der Waals surface area contributed by atoms with Crippen molar-refractivity contribution in [2.45, 2.75) is 24.9 Å². The van der Waals surface area contributed by atoms with Crippen LogP contribution < -0.4 is 9.80 Å². The van der Waals surface area contributed by atoms with Crippen LogP contribution in [-0.2, 0) is 20.7 Å². The van der Waals surface area contributed by atoms with Crippen LogP contribution in [0.5, 0.6) is 0 Å². The minimum absolute atomic E-state index is 0.0977. The molecule has 2 atom stereocenters. The summed E-state index contributed by atoms with van der Waals surface area (Å²) in [5.41, 5.74) is 3.15. The third-order valence-corrected chi connectivity index (χ3v) is 8.37. The predicted molar refractivity (Wildman–Crippen MR) is 149 cm³/mol. The lowest BCUT2D eigenvalue weighted by molar-refractivity contribution is -0.119. The molecule has 0 N–H and O–H groups in total. The Morgan fingerprint density at radius 3 is 1.61 bits per heavy atom. The predicted octanol–water partition coefficient (Wildman–Crippen LogP) is 7.13. The minimum atomic E-state index is -1.05. The molecular weight excluding hydrogens is 580 g/mol. The van der Waals surface area contributed by atoms with E-state index in [0.29, 0.717) is 0 Å². The Morgan fingerprint density at radius 1 is 0.583 bits per heavy atom. The monoisotopic (exact) mass is 600 g/mol. The second-order valence-electron chi connectivity index (χ2n) is 9.18. The third-order valence-electron chi connectivity index (χ3n) is 7.39. The SMILES string of the molecule is CC(=O)N1c2ccc(Br)cc2[C@]2(c3ccccc3)N(C(C)=O)c3cc(Br)ccc3[C@@]12c1ccccc1. The molecule has 0 saturated heterocycles. The summed E-state index contributed by atoms with van der Waals surface area (Å²) in [5, 5.41) is 0. The molecule has 6 rings (SSSR count). The van der Waals surface area contributed by atoms with Gasteiger partial charge in [0.25, 0.3) is 0 Å². The standard InChI is InChI=1S/C30H22Br2N2O2/c1-19(35)33-27-16-14-23(31)17-26(27)30(22-11-7-4-8-12-22)29(33,21-9-5-3-6-10-21)25-15-13-24(32)18-28(25)34(30)20(2)36/h3-18H,1-2H3/t29-,30+/m1/s1. The normalized spacial score (nSPS) is 21.7. The molecule has 0 saturated carbocycles. The molecule has 2 amide bonds. The molecule has 0 radical (unpaired) electrons. The minimum Gasteiger partial charge on any atom is -0.295 e. The number of carbonyl (C=O) groups is 2. The van der Waals surface area contributed by atoms with Crippen LogP contribution in [0.4, 0.5) is 11.4 Å². The highest BCUT2D eigenvalue weighted by Crippen LogP contribution is 2.70. The first kappa shape index (κ1) is 23.2. The average molecular weight is 602 g/mol. The van der Waals surface area contributed by atoms with Crippen molar-refractivity contribution in [3.63, 3.8) is 0 Å². The molecule has 36 heavy (non-hydrogen) atoms. The number of anilines is 2. The maximum absolute atomic E-state index is 13.8. The van der Waals surface area contributed by atoms with E-state index in [-0.39, 0.29) is 11.8 Å². The van der Waals surface area contributed by atoms with Crippen molar-refractivity contribution in [3.8, 4) is 0 Å². The van der Waals surface area contributed by atoms with E-state index in [1.807, 2.05) is 76.5 Å². The Morgan fingerprint density at radius 2 is 1.06 bits per heavy atom. The van der Waals surface area contributed by atoms with Gasteiger partial charge in [0.1, 0.15) is 11.1 Å². The van der Waals surface area contributed by atoms with Crippen LogP contribution in [0.25, 0.3) is 0 Å². The number of hydrogen-bond acceptors (Lipinski definition) is 2. The quantitative estimate of drug-likeness (QED) is 0.245. The number of hydrogen-bond donors (Lipinski definition) is 0. The molecule has 0 spiro atoms. The smallest absolute Gasteiger partial charge is 0.225 e. The lowest BCUT2D eigenvalue weighted by atomic mass is 9.65. The van der Waals surface area contributed by atoms with Gasteiger partial charge in [0, 0.05) is 33.9 Å². The maximum atomic E-state index is 13.8. The summed E-state index contributed by atoms with van der Waals surface area (Å²) in [7, 11) is 0. The van der Waals surface area contributed by atoms with E-state index in [4.69, 9.17) is 0 Å². The zero-order valence-corrected chi connectivity index (χ0v) is 22.9. The van der Waals surface area contributed by atoms with Crippen molar-refractivity contribution in [3.05, 3.63) is 128 Å². The molecule has 6 heteroatoms. The summed E-state index contributed by atoms with van der Waals surface area (Å²) in [4.78, 5) is 31.3. The van der Waals surface area contributed by atoms with Gasteiger partial charge in [-0.25, -0.2) is 0 Å². The number of amides is 2. The summed E-state index contributed by atoms with van der Waals surface area (Å²) < 4.78 is 1.74. The van der Waals surface area contributed by atoms with Crippen molar-refractivity contribution in [1.82, 2.24) is 0 Å². The van der Waals surface area contributed by atoms with Gasteiger partial charge in [0.15, 0.2) is 0 Å². The topological polar surface area (TPSA) is 40.6 Å². The Hall–Kier alpha value is -3.22. The summed E-state index contributed by atoms with van der Waals surface area (Å²) in [6.45, 7) is 3.21. The molecule has 0 aromatic heterocycles. The number of carbonyl (C=O) groups excluding carboxylic acids is 2. The zero-order valence-electron chi connectivity index (χ0n) is 19.7. The molecule has 178 valence electrons. The van der Waals surface area contributed by atoms with Crippen LogP contribution in [0.2, 0.25) is 0 Å². The summed E-state index contributed by atoms with van der Waals surface area (Å²) in [6, 6.07) is 32.2. The molecule has 4 nitrogen and oxygen atoms in total. The maximum Gasteiger partial charge on any atom is 0.225 e. The third kappa shape index (κ3) is 2.74. The van der Waals surface area contributed by atoms with Crippen LogP contribution >= 0.6 is 31.9 Å². The van der Waals surface area contributed by atoms with E-state index in [2.05, 4.69) is 62.2 Å². The van der Waals surface area contributed by atoms with E-state index in [9.17, 15) is 9.59 Å². The van der Waals surface area contributed by atoms with Gasteiger partial charge in [0.2, 0.25) is 11.8 Å². The molecule has 0 bridgehead atoms. The number of nitrogens with zero attached hydrogens (tertiary/aromatic N) is 2. The van der Waals surface area contributed by atoms with Crippen molar-refractivity contribution in [2.75, 3.05) is 9.80 Å². The summed E-state index contributed by atoms with van der Waals surface area (Å²) in [5.74, 6) is -0.202. The summed E-state index contributed by atoms with van der Waals surface area (Å²) in [6.07, 6.45) is 0. The van der Waals surface area contributed by atoms with Crippen LogP contribution in [0.15, 0.2) is 106 Å². The molecule has 2 aliphatic heterocycles. The fourth-order valence-electron chi connectivity index (χ4n) is 6.46. The van der Waals surface area contributed by atoms with Gasteiger partial charge in [-0.1, -0.05) is 98.6 Å². The first-order valence-corrected chi connectivity index (χ1v) is 13.3. The van der Waals surface area contributed by atoms with E-state index in [1.165, 1.54) is 0 Å². The van der Waals surface area contributed by atoms with Gasteiger partial charge in [-0.3, -0.25) is 19.4 Å². The van der Waals surface area contributed by atoms with Crippen molar-refractivity contribution in [2.24, 2.45) is 0 Å². The van der Waals surface area contributed by atoms with E-state index < -0.39 is 11.1 Å². The molecule has 0 unspecified atom stereocenters. The molecule has 0 aliphatic carbocycles. The number of fused-ring (bicyclic) bond motifs is 5. The molecule has 0 fully saturated rings. The van der Waals surface area contributed by atoms with Gasteiger partial charge < -0.3 is 0 Å². The molecule has 4 aromatic rings. The summed E-state index contributed by atoms with van der Waals surface area (Å²) >= 11 is 7.31. The van der Waals surface area contributed by atoms with Crippen molar-refractivity contribution in [1.29, 1.82) is 0 Å². The van der Waals surface area contributed by atoms with Crippen LogP contribution in [0, 0.1) is 0 Å². The van der Waals surface area contributed by atoms with Crippen molar-refractivity contribution >= 4 is 55.0 Å². The molecular formula is C30H22Br2N2O2. The van der Waals surface area contributed by atoms with Gasteiger partial charge in [-0.2, -0.15) is 0 Å².